The standard InChI is InChI=1S/C56H36N2/c1-2-13-37(14-3-1)45-31-34-54(47-19-7-6-18-46(45)47)58-53-24-11-9-21-49(53)51-36-41(28-33-56(51)58)40-27-32-55-50(35-40)48-20-8-10-23-52(48)57(55)42-29-25-39(26-30-42)44-22-12-16-38-15-4-5-17-43(38)44/h1-36H. The van der Waals surface area contributed by atoms with Crippen LogP contribution in [0.1, 0.15) is 0 Å². The predicted molar refractivity (Wildman–Crippen MR) is 246 cm³/mol. The summed E-state index contributed by atoms with van der Waals surface area (Å²) < 4.78 is 4.86. The van der Waals surface area contributed by atoms with E-state index in [0.717, 1.165) is 5.69 Å². The molecule has 0 aliphatic carbocycles. The van der Waals surface area contributed by atoms with E-state index in [1.807, 2.05) is 0 Å². The van der Waals surface area contributed by atoms with Crippen LogP contribution in [0.2, 0.25) is 0 Å². The number of aromatic nitrogens is 2. The molecule has 0 aliphatic heterocycles. The molecule has 0 bridgehead atoms. The fraction of sp³-hybridized carbons (Fsp3) is 0. The fourth-order valence-electron chi connectivity index (χ4n) is 9.46. The molecule has 0 atom stereocenters. The van der Waals surface area contributed by atoms with E-state index >= 15 is 0 Å². The summed E-state index contributed by atoms with van der Waals surface area (Å²) in [6, 6.07) is 79.9. The normalized spacial score (nSPS) is 11.8. The SMILES string of the molecule is c1ccc(-c2ccc(-n3c4ccccc4c4cc(-c5ccc6c(c5)c5ccccc5n6-c5ccc(-c6cccc7ccccc67)cc5)ccc43)c3ccccc23)cc1. The summed E-state index contributed by atoms with van der Waals surface area (Å²) in [6.45, 7) is 0. The van der Waals surface area contributed by atoms with Gasteiger partial charge in [0.25, 0.3) is 0 Å². The first-order chi connectivity index (χ1) is 28.8. The van der Waals surface area contributed by atoms with Gasteiger partial charge < -0.3 is 9.13 Å². The maximum Gasteiger partial charge on any atom is 0.0541 e. The highest BCUT2D eigenvalue weighted by Crippen LogP contribution is 2.41. The van der Waals surface area contributed by atoms with Gasteiger partial charge in [0.2, 0.25) is 0 Å². The number of nitrogens with zero attached hydrogens (tertiary/aromatic N) is 2. The van der Waals surface area contributed by atoms with E-state index in [-0.39, 0.29) is 0 Å². The van der Waals surface area contributed by atoms with Gasteiger partial charge in [0.05, 0.1) is 27.8 Å². The molecule has 0 saturated heterocycles. The highest BCUT2D eigenvalue weighted by molar-refractivity contribution is 6.14. The van der Waals surface area contributed by atoms with E-state index in [0.29, 0.717) is 0 Å². The quantitative estimate of drug-likeness (QED) is 0.167. The van der Waals surface area contributed by atoms with Crippen molar-refractivity contribution in [2.24, 2.45) is 0 Å². The maximum atomic E-state index is 2.45. The van der Waals surface area contributed by atoms with Crippen LogP contribution in [-0.4, -0.2) is 9.13 Å². The van der Waals surface area contributed by atoms with Crippen LogP contribution in [-0.2, 0) is 0 Å². The number of fused-ring (bicyclic) bond motifs is 8. The first-order valence-electron chi connectivity index (χ1n) is 20.0. The average Bonchev–Trinajstić information content (AvgIpc) is 3.81. The molecule has 2 heteroatoms. The zero-order valence-corrected chi connectivity index (χ0v) is 31.7. The third-order valence-electron chi connectivity index (χ3n) is 12.1. The molecule has 2 aromatic heterocycles. The lowest BCUT2D eigenvalue weighted by Crippen LogP contribution is -1.96. The Kier molecular flexibility index (Phi) is 7.26. The molecule has 2 nitrogen and oxygen atoms in total. The fourth-order valence-corrected chi connectivity index (χ4v) is 9.46. The van der Waals surface area contributed by atoms with Gasteiger partial charge in [-0.05, 0) is 104 Å². The van der Waals surface area contributed by atoms with Gasteiger partial charge in [-0.15, -0.1) is 0 Å². The molecule has 0 radical (unpaired) electrons. The summed E-state index contributed by atoms with van der Waals surface area (Å²) in [6.07, 6.45) is 0. The van der Waals surface area contributed by atoms with Crippen molar-refractivity contribution in [1.29, 1.82) is 0 Å². The van der Waals surface area contributed by atoms with Crippen molar-refractivity contribution in [3.8, 4) is 44.8 Å². The Morgan fingerprint density at radius 1 is 0.241 bits per heavy atom. The zero-order valence-electron chi connectivity index (χ0n) is 31.7. The first kappa shape index (κ1) is 32.6. The molecule has 0 aliphatic rings. The summed E-state index contributed by atoms with van der Waals surface area (Å²) in [5.41, 5.74) is 14.5. The lowest BCUT2D eigenvalue weighted by molar-refractivity contribution is 1.18. The Labute approximate surface area is 336 Å². The molecule has 10 aromatic carbocycles. The number of hydrogen-bond donors (Lipinski definition) is 0. The summed E-state index contributed by atoms with van der Waals surface area (Å²) >= 11 is 0. The molecule has 0 saturated carbocycles. The van der Waals surface area contributed by atoms with Crippen molar-refractivity contribution in [3.63, 3.8) is 0 Å². The first-order valence-corrected chi connectivity index (χ1v) is 20.0. The molecule has 0 unspecified atom stereocenters. The summed E-state index contributed by atoms with van der Waals surface area (Å²) in [5.74, 6) is 0. The highest BCUT2D eigenvalue weighted by atomic mass is 15.0. The number of benzene rings is 10. The second-order valence-electron chi connectivity index (χ2n) is 15.3. The largest absolute Gasteiger partial charge is 0.309 e. The molecule has 12 rings (SSSR count). The van der Waals surface area contributed by atoms with Gasteiger partial charge >= 0.3 is 0 Å². The lowest BCUT2D eigenvalue weighted by atomic mass is 9.97. The monoisotopic (exact) mass is 736 g/mol. The van der Waals surface area contributed by atoms with E-state index < -0.39 is 0 Å². The third kappa shape index (κ3) is 4.99. The van der Waals surface area contributed by atoms with Crippen LogP contribution in [0.15, 0.2) is 218 Å². The highest BCUT2D eigenvalue weighted by Gasteiger charge is 2.18. The lowest BCUT2D eigenvalue weighted by Gasteiger charge is -2.15. The molecule has 0 amide bonds. The molecule has 0 fully saturated rings. The zero-order chi connectivity index (χ0) is 38.2. The van der Waals surface area contributed by atoms with E-state index in [1.54, 1.807) is 0 Å². The topological polar surface area (TPSA) is 9.86 Å². The predicted octanol–water partition coefficient (Wildman–Crippen LogP) is 15.2. The molecule has 58 heavy (non-hydrogen) atoms. The molecule has 12 aromatic rings. The minimum absolute atomic E-state index is 1.15. The Hall–Kier alpha value is -7.68. The third-order valence-corrected chi connectivity index (χ3v) is 12.1. The van der Waals surface area contributed by atoms with Gasteiger partial charge in [0, 0.05) is 32.6 Å². The Morgan fingerprint density at radius 2 is 0.724 bits per heavy atom. The average molecular weight is 737 g/mol. The smallest absolute Gasteiger partial charge is 0.0541 e. The second-order valence-corrected chi connectivity index (χ2v) is 15.3. The van der Waals surface area contributed by atoms with Crippen molar-refractivity contribution in [1.82, 2.24) is 9.13 Å². The minimum atomic E-state index is 1.15. The molecule has 0 N–H and O–H groups in total. The van der Waals surface area contributed by atoms with Gasteiger partial charge in [-0.25, -0.2) is 0 Å². The van der Waals surface area contributed by atoms with Crippen LogP contribution in [0.3, 0.4) is 0 Å². The molecular formula is C56H36N2. The maximum absolute atomic E-state index is 2.45. The van der Waals surface area contributed by atoms with E-state index in [2.05, 4.69) is 228 Å². The van der Waals surface area contributed by atoms with Gasteiger partial charge in [-0.1, -0.05) is 164 Å². The van der Waals surface area contributed by atoms with Gasteiger partial charge in [0.15, 0.2) is 0 Å². The van der Waals surface area contributed by atoms with E-state index in [9.17, 15) is 0 Å². The van der Waals surface area contributed by atoms with Crippen LogP contribution in [0.25, 0.3) is 110 Å². The van der Waals surface area contributed by atoms with Crippen molar-refractivity contribution in [2.45, 2.75) is 0 Å². The summed E-state index contributed by atoms with van der Waals surface area (Å²) in [5, 5.41) is 10.0. The minimum Gasteiger partial charge on any atom is -0.309 e. The van der Waals surface area contributed by atoms with Crippen LogP contribution in [0.4, 0.5) is 0 Å². The van der Waals surface area contributed by atoms with Gasteiger partial charge in [-0.3, -0.25) is 0 Å². The van der Waals surface area contributed by atoms with Crippen LogP contribution < -0.4 is 0 Å². The van der Waals surface area contributed by atoms with Crippen molar-refractivity contribution < 1.29 is 0 Å². The van der Waals surface area contributed by atoms with Crippen molar-refractivity contribution in [2.75, 3.05) is 0 Å². The molecule has 270 valence electrons. The van der Waals surface area contributed by atoms with Crippen molar-refractivity contribution >= 4 is 65.2 Å². The molecule has 0 spiro atoms. The molecular weight excluding hydrogens is 701 g/mol. The van der Waals surface area contributed by atoms with Crippen LogP contribution >= 0.6 is 0 Å². The Morgan fingerprint density at radius 3 is 1.43 bits per heavy atom. The van der Waals surface area contributed by atoms with E-state index in [4.69, 9.17) is 0 Å². The number of hydrogen-bond acceptors (Lipinski definition) is 0. The van der Waals surface area contributed by atoms with Crippen molar-refractivity contribution in [3.05, 3.63) is 218 Å². The van der Waals surface area contributed by atoms with E-state index in [1.165, 1.54) is 104 Å². The molecule has 2 heterocycles. The van der Waals surface area contributed by atoms with Crippen LogP contribution in [0.5, 0.6) is 0 Å². The number of rotatable bonds is 5. The summed E-state index contributed by atoms with van der Waals surface area (Å²) in [7, 11) is 0. The van der Waals surface area contributed by atoms with Gasteiger partial charge in [0.1, 0.15) is 0 Å². The number of para-hydroxylation sites is 2. The Balaban J connectivity index is 0.985. The van der Waals surface area contributed by atoms with Crippen LogP contribution in [0, 0.1) is 0 Å². The second kappa shape index (κ2) is 12.9. The Bertz CT molecular complexity index is 3540. The van der Waals surface area contributed by atoms with Gasteiger partial charge in [-0.2, -0.15) is 0 Å². The summed E-state index contributed by atoms with van der Waals surface area (Å²) in [4.78, 5) is 0.